The van der Waals surface area contributed by atoms with Gasteiger partial charge in [-0.05, 0) is 43.2 Å². The molecule has 0 bridgehead atoms. The van der Waals surface area contributed by atoms with Gasteiger partial charge in [0, 0.05) is 35.8 Å². The number of aryl methyl sites for hydroxylation is 1. The number of carboxylic acids is 1. The molecule has 0 aliphatic heterocycles. The fourth-order valence-corrected chi connectivity index (χ4v) is 5.08. The standard InChI is InChI=1S/C31H25F9N4O4/c1-4-23(31(38,39)40)42-16-10-20(33)25(21(34)11-16)27(45)43-22(29(47)48)8-14-5-6-17(26-18(14)9-15(32)12-41-26)24-19(30(35,36)37)7-13(2)44(3)28(24)46/h5-7,9-12,22-23,42H,4,8H2,1-3H3,(H,43,45)(H,47,48)/t22?,23-/m1/s1. The van der Waals surface area contributed by atoms with Gasteiger partial charge in [0.25, 0.3) is 11.5 Å². The highest BCUT2D eigenvalue weighted by molar-refractivity contribution is 5.99. The molecule has 1 amide bonds. The van der Waals surface area contributed by atoms with Crippen molar-refractivity contribution < 1.29 is 54.2 Å². The van der Waals surface area contributed by atoms with Crippen LogP contribution >= 0.6 is 0 Å². The second kappa shape index (κ2) is 13.2. The van der Waals surface area contributed by atoms with Crippen molar-refractivity contribution in [2.75, 3.05) is 5.32 Å². The molecular formula is C31H25F9N4O4. The Morgan fingerprint density at radius 2 is 1.62 bits per heavy atom. The Morgan fingerprint density at radius 1 is 1.00 bits per heavy atom. The summed E-state index contributed by atoms with van der Waals surface area (Å²) < 4.78 is 126. The second-order valence-corrected chi connectivity index (χ2v) is 10.8. The Kier molecular flexibility index (Phi) is 9.83. The molecule has 0 aliphatic carbocycles. The fraction of sp³-hybridized carbons (Fsp3) is 0.290. The Hall–Kier alpha value is -5.09. The lowest BCUT2D eigenvalue weighted by molar-refractivity contribution is -0.143. The van der Waals surface area contributed by atoms with E-state index in [2.05, 4.69) is 4.98 Å². The maximum absolute atomic E-state index is 14.8. The number of nitrogens with zero attached hydrogens (tertiary/aromatic N) is 2. The molecule has 4 aromatic rings. The van der Waals surface area contributed by atoms with Crippen molar-refractivity contribution in [2.45, 2.75) is 51.1 Å². The number of alkyl halides is 6. The van der Waals surface area contributed by atoms with Crippen molar-refractivity contribution in [2.24, 2.45) is 7.05 Å². The van der Waals surface area contributed by atoms with Crippen LogP contribution in [0.2, 0.25) is 0 Å². The first kappa shape index (κ1) is 35.8. The molecule has 17 heteroatoms. The number of carbonyl (C=O) groups excluding carboxylic acids is 1. The minimum atomic E-state index is -4.99. The zero-order valence-corrected chi connectivity index (χ0v) is 25.1. The first-order valence-electron chi connectivity index (χ1n) is 14.0. The highest BCUT2D eigenvalue weighted by atomic mass is 19.4. The van der Waals surface area contributed by atoms with Crippen molar-refractivity contribution in [1.82, 2.24) is 14.9 Å². The Labute approximate surface area is 265 Å². The highest BCUT2D eigenvalue weighted by Crippen LogP contribution is 2.39. The van der Waals surface area contributed by atoms with Gasteiger partial charge in [-0.2, -0.15) is 26.3 Å². The van der Waals surface area contributed by atoms with E-state index in [1.165, 1.54) is 20.9 Å². The number of hydrogen-bond donors (Lipinski definition) is 3. The Balaban J connectivity index is 1.73. The van der Waals surface area contributed by atoms with E-state index in [1.54, 1.807) is 0 Å². The topological polar surface area (TPSA) is 113 Å². The van der Waals surface area contributed by atoms with Crippen molar-refractivity contribution in [3.63, 3.8) is 0 Å². The summed E-state index contributed by atoms with van der Waals surface area (Å²) in [6.45, 7) is 2.46. The molecule has 0 aliphatic rings. The molecule has 0 radical (unpaired) electrons. The molecule has 0 saturated carbocycles. The number of hydrogen-bond acceptors (Lipinski definition) is 5. The molecule has 2 aromatic carbocycles. The van der Waals surface area contributed by atoms with Gasteiger partial charge >= 0.3 is 18.3 Å². The lowest BCUT2D eigenvalue weighted by Gasteiger charge is -2.22. The largest absolute Gasteiger partial charge is 0.480 e. The van der Waals surface area contributed by atoms with Gasteiger partial charge in [-0.1, -0.05) is 19.1 Å². The number of nitrogens with one attached hydrogen (secondary N) is 2. The molecular weight excluding hydrogens is 663 g/mol. The third kappa shape index (κ3) is 7.23. The number of fused-ring (bicyclic) bond motifs is 1. The Morgan fingerprint density at radius 3 is 2.17 bits per heavy atom. The molecule has 3 N–H and O–H groups in total. The molecule has 256 valence electrons. The quantitative estimate of drug-likeness (QED) is 0.173. The maximum atomic E-state index is 14.8. The van der Waals surface area contributed by atoms with Gasteiger partial charge in [-0.15, -0.1) is 0 Å². The molecule has 2 heterocycles. The minimum Gasteiger partial charge on any atom is -0.480 e. The van der Waals surface area contributed by atoms with Gasteiger partial charge in [0.1, 0.15) is 35.1 Å². The second-order valence-electron chi connectivity index (χ2n) is 10.8. The van der Waals surface area contributed by atoms with Crippen molar-refractivity contribution in [1.29, 1.82) is 0 Å². The SMILES string of the molecule is CC[C@@H](Nc1cc(F)c(C(=O)NC(Cc2ccc(-c3c(C(F)(F)F)cc(C)n(C)c3=O)c3ncc(F)cc23)C(=O)O)c(F)c1)C(F)(F)F. The molecule has 2 aromatic heterocycles. The number of rotatable bonds is 9. The van der Waals surface area contributed by atoms with Gasteiger partial charge in [-0.25, -0.2) is 18.0 Å². The van der Waals surface area contributed by atoms with Crippen LogP contribution in [0, 0.1) is 24.4 Å². The summed E-state index contributed by atoms with van der Waals surface area (Å²) in [5, 5.41) is 13.4. The van der Waals surface area contributed by atoms with Gasteiger partial charge in [0.05, 0.1) is 22.8 Å². The summed E-state index contributed by atoms with van der Waals surface area (Å²) in [5.41, 5.74) is -5.89. The third-order valence-corrected chi connectivity index (χ3v) is 7.59. The zero-order chi connectivity index (χ0) is 35.9. The number of carboxylic acid groups (broad SMARTS) is 1. The summed E-state index contributed by atoms with van der Waals surface area (Å²) in [4.78, 5) is 41.9. The number of amides is 1. The lowest BCUT2D eigenvalue weighted by Crippen LogP contribution is -2.43. The molecule has 0 saturated heterocycles. The summed E-state index contributed by atoms with van der Waals surface area (Å²) >= 11 is 0. The molecule has 2 atom stereocenters. The fourth-order valence-electron chi connectivity index (χ4n) is 5.08. The van der Waals surface area contributed by atoms with E-state index in [-0.39, 0.29) is 27.7 Å². The van der Waals surface area contributed by atoms with E-state index in [9.17, 15) is 59.0 Å². The normalized spacial score (nSPS) is 13.3. The molecule has 0 spiro atoms. The minimum absolute atomic E-state index is 0.0127. The van der Waals surface area contributed by atoms with E-state index >= 15 is 0 Å². The van der Waals surface area contributed by atoms with E-state index in [0.717, 1.165) is 28.8 Å². The van der Waals surface area contributed by atoms with Crippen LogP contribution in [-0.4, -0.2) is 44.8 Å². The zero-order valence-electron chi connectivity index (χ0n) is 25.1. The van der Waals surface area contributed by atoms with Gasteiger partial charge in [0.15, 0.2) is 0 Å². The van der Waals surface area contributed by atoms with Gasteiger partial charge in [-0.3, -0.25) is 14.6 Å². The summed E-state index contributed by atoms with van der Waals surface area (Å²) in [7, 11) is 1.24. The predicted octanol–water partition coefficient (Wildman–Crippen LogP) is 6.52. The van der Waals surface area contributed by atoms with Crippen molar-refractivity contribution in [3.05, 3.63) is 92.8 Å². The predicted molar refractivity (Wildman–Crippen MR) is 155 cm³/mol. The van der Waals surface area contributed by atoms with Crippen LogP contribution in [-0.2, 0) is 24.4 Å². The van der Waals surface area contributed by atoms with E-state index in [4.69, 9.17) is 0 Å². The highest BCUT2D eigenvalue weighted by Gasteiger charge is 2.39. The Bertz CT molecular complexity index is 1950. The number of carbonyl (C=O) groups is 2. The van der Waals surface area contributed by atoms with Crippen molar-refractivity contribution >= 4 is 28.5 Å². The monoisotopic (exact) mass is 688 g/mol. The molecule has 8 nitrogen and oxygen atoms in total. The molecule has 4 rings (SSSR count). The summed E-state index contributed by atoms with van der Waals surface area (Å²) in [5.74, 6) is -7.56. The number of halogens is 9. The molecule has 1 unspecified atom stereocenters. The smallest absolute Gasteiger partial charge is 0.417 e. The number of pyridine rings is 2. The first-order valence-corrected chi connectivity index (χ1v) is 14.0. The van der Waals surface area contributed by atoms with Gasteiger partial charge < -0.3 is 20.3 Å². The van der Waals surface area contributed by atoms with Crippen LogP contribution in [0.1, 0.15) is 40.5 Å². The number of aliphatic carboxylic acids is 1. The van der Waals surface area contributed by atoms with Crippen LogP contribution < -0.4 is 16.2 Å². The molecule has 0 fully saturated rings. The summed E-state index contributed by atoms with van der Waals surface area (Å²) in [6, 6.07) is 0.410. The van der Waals surface area contributed by atoms with Crippen LogP contribution in [0.3, 0.4) is 0 Å². The lowest BCUT2D eigenvalue weighted by atomic mass is 9.93. The van der Waals surface area contributed by atoms with Crippen LogP contribution in [0.4, 0.5) is 45.2 Å². The molecule has 48 heavy (non-hydrogen) atoms. The van der Waals surface area contributed by atoms with Crippen LogP contribution in [0.5, 0.6) is 0 Å². The van der Waals surface area contributed by atoms with Crippen LogP contribution in [0.25, 0.3) is 22.0 Å². The summed E-state index contributed by atoms with van der Waals surface area (Å²) in [6.07, 6.45) is -10.3. The number of aromatic nitrogens is 2. The average Bonchev–Trinajstić information content (AvgIpc) is 2.97. The van der Waals surface area contributed by atoms with Crippen molar-refractivity contribution in [3.8, 4) is 11.1 Å². The number of benzene rings is 2. The first-order chi connectivity index (χ1) is 22.2. The van der Waals surface area contributed by atoms with Gasteiger partial charge in [0.2, 0.25) is 0 Å². The number of anilines is 1. The van der Waals surface area contributed by atoms with E-state index in [0.29, 0.717) is 18.3 Å². The average molecular weight is 689 g/mol. The van der Waals surface area contributed by atoms with E-state index < -0.39 is 94.5 Å². The third-order valence-electron chi connectivity index (χ3n) is 7.59. The van der Waals surface area contributed by atoms with Crippen LogP contribution in [0.15, 0.2) is 47.4 Å². The van der Waals surface area contributed by atoms with E-state index in [1.807, 2.05) is 10.6 Å². The maximum Gasteiger partial charge on any atom is 0.417 e.